The number of nitrogen functional groups attached to an aromatic ring is 1. The first-order valence-corrected chi connectivity index (χ1v) is 7.94. The number of hydrogen-bond donors (Lipinski definition) is 1. The molecule has 0 amide bonds. The molecular weight excluding hydrogens is 242 g/mol. The Balaban J connectivity index is 1.73. The van der Waals surface area contributed by atoms with E-state index in [1.807, 2.05) is 0 Å². The van der Waals surface area contributed by atoms with Crippen LogP contribution >= 0.6 is 11.5 Å². The van der Waals surface area contributed by atoms with E-state index in [1.54, 1.807) is 11.5 Å². The molecule has 1 saturated carbocycles. The third-order valence-corrected chi connectivity index (χ3v) is 5.43. The van der Waals surface area contributed by atoms with Gasteiger partial charge in [0.1, 0.15) is 10.8 Å². The van der Waals surface area contributed by atoms with Crippen molar-refractivity contribution in [2.24, 2.45) is 11.8 Å². The summed E-state index contributed by atoms with van der Waals surface area (Å²) in [5.74, 6) is 3.22. The van der Waals surface area contributed by atoms with Crippen LogP contribution in [0.1, 0.15) is 51.0 Å². The van der Waals surface area contributed by atoms with Crippen LogP contribution < -0.4 is 10.6 Å². The summed E-state index contributed by atoms with van der Waals surface area (Å²) in [5, 5.41) is 1.37. The first-order valence-electron chi connectivity index (χ1n) is 7.16. The van der Waals surface area contributed by atoms with Crippen molar-refractivity contribution in [3.05, 3.63) is 5.56 Å². The highest BCUT2D eigenvalue weighted by Gasteiger charge is 2.33. The maximum Gasteiger partial charge on any atom is 0.142 e. The molecular formula is C14H23N3S. The van der Waals surface area contributed by atoms with Gasteiger partial charge in [0.2, 0.25) is 0 Å². The van der Waals surface area contributed by atoms with E-state index in [2.05, 4.69) is 23.1 Å². The molecule has 2 aliphatic rings. The average Bonchev–Trinajstić information content (AvgIpc) is 3.13. The molecule has 0 spiro atoms. The Kier molecular flexibility index (Phi) is 3.22. The molecule has 0 unspecified atom stereocenters. The quantitative estimate of drug-likeness (QED) is 0.910. The lowest BCUT2D eigenvalue weighted by Gasteiger charge is -2.34. The van der Waals surface area contributed by atoms with Crippen LogP contribution in [0.25, 0.3) is 0 Å². The van der Waals surface area contributed by atoms with Crippen LogP contribution in [-0.4, -0.2) is 17.5 Å². The highest BCUT2D eigenvalue weighted by Crippen LogP contribution is 2.49. The zero-order valence-electron chi connectivity index (χ0n) is 11.4. The van der Waals surface area contributed by atoms with E-state index in [-0.39, 0.29) is 0 Å². The summed E-state index contributed by atoms with van der Waals surface area (Å²) in [4.78, 5) is 2.53. The van der Waals surface area contributed by atoms with E-state index in [0.717, 1.165) is 17.7 Å². The van der Waals surface area contributed by atoms with Gasteiger partial charge in [-0.05, 0) is 55.0 Å². The maximum absolute atomic E-state index is 6.04. The number of nitrogens with zero attached hydrogens (tertiary/aromatic N) is 2. The van der Waals surface area contributed by atoms with Gasteiger partial charge in [-0.1, -0.05) is 13.8 Å². The van der Waals surface area contributed by atoms with Gasteiger partial charge >= 0.3 is 0 Å². The Hall–Kier alpha value is -0.770. The van der Waals surface area contributed by atoms with Crippen LogP contribution in [0.5, 0.6) is 0 Å². The van der Waals surface area contributed by atoms with Crippen molar-refractivity contribution in [1.29, 1.82) is 0 Å². The van der Waals surface area contributed by atoms with Crippen LogP contribution in [-0.2, 0) is 0 Å². The Morgan fingerprint density at radius 1 is 1.22 bits per heavy atom. The predicted octanol–water partition coefficient (Wildman–Crippen LogP) is 3.48. The Labute approximate surface area is 114 Å². The molecule has 3 nitrogen and oxygen atoms in total. The SMILES string of the molecule is CC(C)C1CCN(c2snc(N)c2C2CC2)CC1. The number of nitrogens with two attached hydrogens (primary N) is 1. The lowest BCUT2D eigenvalue weighted by Crippen LogP contribution is -2.35. The number of anilines is 2. The largest absolute Gasteiger partial charge is 0.383 e. The van der Waals surface area contributed by atoms with Crippen molar-refractivity contribution in [2.75, 3.05) is 23.7 Å². The number of hydrogen-bond acceptors (Lipinski definition) is 4. The average molecular weight is 265 g/mol. The molecule has 2 fully saturated rings. The van der Waals surface area contributed by atoms with Crippen molar-refractivity contribution in [3.8, 4) is 0 Å². The Morgan fingerprint density at radius 3 is 2.44 bits per heavy atom. The second kappa shape index (κ2) is 4.72. The second-order valence-electron chi connectivity index (χ2n) is 6.13. The van der Waals surface area contributed by atoms with Crippen molar-refractivity contribution in [3.63, 3.8) is 0 Å². The van der Waals surface area contributed by atoms with Crippen LogP contribution in [0.3, 0.4) is 0 Å². The second-order valence-corrected chi connectivity index (χ2v) is 6.88. The number of aromatic nitrogens is 1. The minimum absolute atomic E-state index is 0.710. The van der Waals surface area contributed by atoms with Gasteiger partial charge in [-0.3, -0.25) is 0 Å². The van der Waals surface area contributed by atoms with E-state index < -0.39 is 0 Å². The first-order chi connectivity index (χ1) is 8.66. The van der Waals surface area contributed by atoms with Crippen molar-refractivity contribution >= 4 is 22.4 Å². The monoisotopic (exact) mass is 265 g/mol. The maximum atomic E-state index is 6.04. The third-order valence-electron chi connectivity index (χ3n) is 4.49. The van der Waals surface area contributed by atoms with Gasteiger partial charge in [0, 0.05) is 18.7 Å². The molecule has 3 rings (SSSR count). The molecule has 1 aliphatic carbocycles. The molecule has 18 heavy (non-hydrogen) atoms. The highest BCUT2D eigenvalue weighted by molar-refractivity contribution is 7.10. The normalized spacial score (nSPS) is 21.8. The van der Waals surface area contributed by atoms with E-state index in [0.29, 0.717) is 5.92 Å². The summed E-state index contributed by atoms with van der Waals surface area (Å²) in [5.41, 5.74) is 7.40. The number of rotatable bonds is 3. The molecule has 1 aliphatic heterocycles. The summed E-state index contributed by atoms with van der Waals surface area (Å²) in [7, 11) is 0. The standard InChI is InChI=1S/C14H23N3S/c1-9(2)10-5-7-17(8-6-10)14-12(11-3-4-11)13(15)16-18-14/h9-11H,3-8H2,1-2H3,(H2,15,16). The highest BCUT2D eigenvalue weighted by atomic mass is 32.1. The molecule has 2 heterocycles. The fourth-order valence-corrected chi connectivity index (χ4v) is 4.00. The van der Waals surface area contributed by atoms with E-state index in [4.69, 9.17) is 5.73 Å². The van der Waals surface area contributed by atoms with Gasteiger partial charge in [0.05, 0.1) is 0 Å². The summed E-state index contributed by atoms with van der Waals surface area (Å²) in [6, 6.07) is 0. The minimum Gasteiger partial charge on any atom is -0.383 e. The Bertz CT molecular complexity index is 415. The van der Waals surface area contributed by atoms with Crippen LogP contribution in [0.2, 0.25) is 0 Å². The molecule has 1 saturated heterocycles. The zero-order chi connectivity index (χ0) is 12.7. The predicted molar refractivity (Wildman–Crippen MR) is 78.3 cm³/mol. The Morgan fingerprint density at radius 2 is 1.89 bits per heavy atom. The van der Waals surface area contributed by atoms with E-state index >= 15 is 0 Å². The summed E-state index contributed by atoms with van der Waals surface area (Å²) < 4.78 is 4.38. The summed E-state index contributed by atoms with van der Waals surface area (Å²) in [6.07, 6.45) is 5.25. The molecule has 1 aromatic heterocycles. The van der Waals surface area contributed by atoms with Gasteiger partial charge in [0.25, 0.3) is 0 Å². The fraction of sp³-hybridized carbons (Fsp3) is 0.786. The van der Waals surface area contributed by atoms with E-state index in [1.165, 1.54) is 49.3 Å². The van der Waals surface area contributed by atoms with Crippen LogP contribution in [0.15, 0.2) is 0 Å². The minimum atomic E-state index is 0.710. The third kappa shape index (κ3) is 2.22. The number of piperidine rings is 1. The van der Waals surface area contributed by atoms with Crippen molar-refractivity contribution in [2.45, 2.75) is 45.4 Å². The van der Waals surface area contributed by atoms with Gasteiger partial charge in [0.15, 0.2) is 0 Å². The lowest BCUT2D eigenvalue weighted by atomic mass is 9.87. The van der Waals surface area contributed by atoms with Gasteiger partial charge in [-0.2, -0.15) is 4.37 Å². The molecule has 0 aromatic carbocycles. The van der Waals surface area contributed by atoms with Gasteiger partial charge in [-0.25, -0.2) is 0 Å². The topological polar surface area (TPSA) is 42.2 Å². The van der Waals surface area contributed by atoms with Crippen molar-refractivity contribution in [1.82, 2.24) is 4.37 Å². The smallest absolute Gasteiger partial charge is 0.142 e. The molecule has 1 aromatic rings. The molecule has 0 bridgehead atoms. The molecule has 4 heteroatoms. The molecule has 2 N–H and O–H groups in total. The van der Waals surface area contributed by atoms with E-state index in [9.17, 15) is 0 Å². The summed E-state index contributed by atoms with van der Waals surface area (Å²) in [6.45, 7) is 7.07. The molecule has 0 radical (unpaired) electrons. The van der Waals surface area contributed by atoms with Crippen LogP contribution in [0.4, 0.5) is 10.8 Å². The first kappa shape index (κ1) is 12.3. The van der Waals surface area contributed by atoms with Crippen molar-refractivity contribution < 1.29 is 0 Å². The van der Waals surface area contributed by atoms with Gasteiger partial charge in [-0.15, -0.1) is 0 Å². The van der Waals surface area contributed by atoms with Gasteiger partial charge < -0.3 is 10.6 Å². The molecule has 0 atom stereocenters. The fourth-order valence-electron chi connectivity index (χ4n) is 3.05. The van der Waals surface area contributed by atoms with Crippen LogP contribution in [0, 0.1) is 11.8 Å². The summed E-state index contributed by atoms with van der Waals surface area (Å²) >= 11 is 1.61. The lowest BCUT2D eigenvalue weighted by molar-refractivity contribution is 0.312. The molecule has 100 valence electrons. The zero-order valence-corrected chi connectivity index (χ0v) is 12.2.